The Balaban J connectivity index is 2.05. The van der Waals surface area contributed by atoms with Gasteiger partial charge in [0.25, 0.3) is 5.56 Å². The molecule has 10 heteroatoms. The molecule has 9 nitrogen and oxygen atoms in total. The van der Waals surface area contributed by atoms with Gasteiger partial charge in [-0.2, -0.15) is 0 Å². The quantitative estimate of drug-likeness (QED) is 0.499. The minimum Gasteiger partial charge on any atom is -0.388 e. The fraction of sp³-hybridized carbons (Fsp3) is 0.478. The van der Waals surface area contributed by atoms with Crippen LogP contribution < -0.4 is 11.2 Å². The van der Waals surface area contributed by atoms with Crippen molar-refractivity contribution in [3.63, 3.8) is 0 Å². The predicted octanol–water partition coefficient (Wildman–Crippen LogP) is 1.86. The summed E-state index contributed by atoms with van der Waals surface area (Å²) in [7, 11) is 1.54. The summed E-state index contributed by atoms with van der Waals surface area (Å²) in [5, 5.41) is 9.75. The number of aliphatic hydroxyl groups is 1. The molecule has 0 radical (unpaired) electrons. The fourth-order valence-corrected chi connectivity index (χ4v) is 3.83. The minimum absolute atomic E-state index is 0.139. The van der Waals surface area contributed by atoms with E-state index < -0.39 is 29.5 Å². The molecule has 0 fully saturated rings. The first-order valence-corrected chi connectivity index (χ1v) is 11.1. The monoisotopic (exact) mass is 459 g/mol. The van der Waals surface area contributed by atoms with Gasteiger partial charge < -0.3 is 14.6 Å². The Hall–Kier alpha value is -3.27. The zero-order valence-corrected chi connectivity index (χ0v) is 19.3. The van der Waals surface area contributed by atoms with Gasteiger partial charge in [-0.15, -0.1) is 0 Å². The largest absolute Gasteiger partial charge is 0.388 e. The Morgan fingerprint density at radius 1 is 1.12 bits per heavy atom. The lowest BCUT2D eigenvalue weighted by Crippen LogP contribution is -2.44. The number of amides is 1. The Kier molecular flexibility index (Phi) is 7.80. The van der Waals surface area contributed by atoms with Crippen molar-refractivity contribution >= 4 is 17.1 Å². The molecule has 0 unspecified atom stereocenters. The zero-order valence-electron chi connectivity index (χ0n) is 19.3. The number of carbonyl (C=O) groups is 1. The van der Waals surface area contributed by atoms with Crippen LogP contribution in [-0.4, -0.2) is 41.6 Å². The number of nitrogens with zero attached hydrogens (tertiary/aromatic N) is 5. The average molecular weight is 460 g/mol. The van der Waals surface area contributed by atoms with Crippen molar-refractivity contribution in [2.24, 2.45) is 0 Å². The fourth-order valence-electron chi connectivity index (χ4n) is 3.83. The van der Waals surface area contributed by atoms with E-state index in [0.717, 1.165) is 11.0 Å². The van der Waals surface area contributed by atoms with Crippen LogP contribution in [0, 0.1) is 5.82 Å². The molecule has 0 atom stereocenters. The molecule has 0 spiro atoms. The van der Waals surface area contributed by atoms with Gasteiger partial charge >= 0.3 is 5.69 Å². The summed E-state index contributed by atoms with van der Waals surface area (Å²) in [5.41, 5.74) is -0.192. The number of hydrogen-bond donors (Lipinski definition) is 1. The Bertz CT molecular complexity index is 1260. The third-order valence-corrected chi connectivity index (χ3v) is 5.55. The van der Waals surface area contributed by atoms with Crippen LogP contribution in [0.4, 0.5) is 4.39 Å². The molecule has 178 valence electrons. The summed E-state index contributed by atoms with van der Waals surface area (Å²) in [4.78, 5) is 45.2. The van der Waals surface area contributed by atoms with Crippen LogP contribution in [0.1, 0.15) is 44.5 Å². The van der Waals surface area contributed by atoms with E-state index in [0.29, 0.717) is 37.3 Å². The summed E-state index contributed by atoms with van der Waals surface area (Å²) in [6.07, 6.45) is 2.21. The van der Waals surface area contributed by atoms with Crippen LogP contribution in [0.25, 0.3) is 11.2 Å². The number of benzene rings is 1. The first kappa shape index (κ1) is 24.4. The number of halogens is 1. The van der Waals surface area contributed by atoms with Gasteiger partial charge in [-0.25, -0.2) is 18.7 Å². The Labute approximate surface area is 190 Å². The highest BCUT2D eigenvalue weighted by atomic mass is 19.1. The predicted molar refractivity (Wildman–Crippen MR) is 122 cm³/mol. The maximum atomic E-state index is 13.5. The number of aliphatic hydroxyl groups excluding tert-OH is 1. The Morgan fingerprint density at radius 3 is 2.52 bits per heavy atom. The highest BCUT2D eigenvalue weighted by Gasteiger charge is 2.23. The number of hydrogen-bond acceptors (Lipinski definition) is 5. The summed E-state index contributed by atoms with van der Waals surface area (Å²) >= 11 is 0. The second kappa shape index (κ2) is 10.6. The number of rotatable bonds is 10. The molecule has 1 aromatic carbocycles. The van der Waals surface area contributed by atoms with E-state index in [4.69, 9.17) is 0 Å². The van der Waals surface area contributed by atoms with Gasteiger partial charge in [-0.05, 0) is 30.5 Å². The maximum absolute atomic E-state index is 13.5. The van der Waals surface area contributed by atoms with Gasteiger partial charge in [0.05, 0.1) is 0 Å². The number of fused-ring (bicyclic) bond motifs is 1. The summed E-state index contributed by atoms with van der Waals surface area (Å²) in [6.45, 7) is 4.03. The molecule has 3 rings (SSSR count). The maximum Gasteiger partial charge on any atom is 0.333 e. The van der Waals surface area contributed by atoms with Crippen LogP contribution in [0.3, 0.4) is 0 Å². The highest BCUT2D eigenvalue weighted by molar-refractivity contribution is 5.76. The van der Waals surface area contributed by atoms with Crippen LogP contribution >= 0.6 is 0 Å². The van der Waals surface area contributed by atoms with Crippen molar-refractivity contribution in [3.8, 4) is 0 Å². The van der Waals surface area contributed by atoms with Gasteiger partial charge in [-0.1, -0.05) is 32.4 Å². The van der Waals surface area contributed by atoms with Crippen LogP contribution in [0.2, 0.25) is 0 Å². The van der Waals surface area contributed by atoms with Gasteiger partial charge in [0.1, 0.15) is 24.8 Å². The van der Waals surface area contributed by atoms with E-state index in [1.807, 2.05) is 13.8 Å². The second-order valence-electron chi connectivity index (χ2n) is 8.07. The third kappa shape index (κ3) is 5.05. The number of imidazole rings is 1. The third-order valence-electron chi connectivity index (χ3n) is 5.55. The molecule has 0 saturated heterocycles. The van der Waals surface area contributed by atoms with Gasteiger partial charge in [0, 0.05) is 26.7 Å². The number of aryl methyl sites for hydroxylation is 2. The van der Waals surface area contributed by atoms with Gasteiger partial charge in [0.15, 0.2) is 11.2 Å². The molecule has 1 N–H and O–H groups in total. The molecule has 1 amide bonds. The second-order valence-corrected chi connectivity index (χ2v) is 8.07. The number of unbranched alkanes of at least 4 members (excludes halogenated alkanes) is 1. The van der Waals surface area contributed by atoms with E-state index in [1.165, 1.54) is 28.6 Å². The van der Waals surface area contributed by atoms with E-state index in [-0.39, 0.29) is 24.3 Å². The molecule has 0 aliphatic heterocycles. The normalized spacial score (nSPS) is 11.3. The van der Waals surface area contributed by atoms with Crippen molar-refractivity contribution < 1.29 is 14.3 Å². The Morgan fingerprint density at radius 2 is 1.88 bits per heavy atom. The molecule has 0 aliphatic rings. The molecule has 3 aromatic rings. The molecular weight excluding hydrogens is 429 g/mol. The lowest BCUT2D eigenvalue weighted by molar-refractivity contribution is -0.131. The number of likely N-dealkylation sites (N-methyl/N-ethyl adjacent to an activating group) is 1. The summed E-state index contributed by atoms with van der Waals surface area (Å²) < 4.78 is 17.4. The molecule has 0 bridgehead atoms. The van der Waals surface area contributed by atoms with Crippen molar-refractivity contribution in [3.05, 3.63) is 62.3 Å². The standard InChI is InChI=1S/C23H30FN5O4/c1-4-6-11-28-21-20(27(10-5-2)18(15-30)25-21)22(32)29(23(28)33)14-19(31)26(3)13-16-8-7-9-17(24)12-16/h7-9,12,30H,4-6,10-11,13-15H2,1-3H3. The molecule has 2 heterocycles. The molecule has 0 saturated carbocycles. The number of aromatic nitrogens is 4. The zero-order chi connectivity index (χ0) is 24.1. The van der Waals surface area contributed by atoms with E-state index in [2.05, 4.69) is 4.98 Å². The van der Waals surface area contributed by atoms with Crippen molar-refractivity contribution in [1.82, 2.24) is 23.6 Å². The topological polar surface area (TPSA) is 102 Å². The first-order valence-electron chi connectivity index (χ1n) is 11.1. The van der Waals surface area contributed by atoms with Crippen molar-refractivity contribution in [2.45, 2.75) is 65.9 Å². The lowest BCUT2D eigenvalue weighted by atomic mass is 10.2. The molecule has 33 heavy (non-hydrogen) atoms. The van der Waals surface area contributed by atoms with Crippen molar-refractivity contribution in [1.29, 1.82) is 0 Å². The van der Waals surface area contributed by atoms with Gasteiger partial charge in [-0.3, -0.25) is 14.2 Å². The highest BCUT2D eigenvalue weighted by Crippen LogP contribution is 2.14. The van der Waals surface area contributed by atoms with Crippen molar-refractivity contribution in [2.75, 3.05) is 7.05 Å². The van der Waals surface area contributed by atoms with E-state index >= 15 is 0 Å². The first-order chi connectivity index (χ1) is 15.8. The van der Waals surface area contributed by atoms with E-state index in [1.54, 1.807) is 16.7 Å². The summed E-state index contributed by atoms with van der Waals surface area (Å²) in [6, 6.07) is 5.91. The van der Waals surface area contributed by atoms with Gasteiger partial charge in [0.2, 0.25) is 5.91 Å². The van der Waals surface area contributed by atoms with Crippen LogP contribution in [0.15, 0.2) is 33.9 Å². The lowest BCUT2D eigenvalue weighted by Gasteiger charge is -2.18. The van der Waals surface area contributed by atoms with Crippen LogP contribution in [-0.2, 0) is 37.6 Å². The molecule has 2 aromatic heterocycles. The number of carbonyl (C=O) groups excluding carboxylic acids is 1. The molecule has 0 aliphatic carbocycles. The summed E-state index contributed by atoms with van der Waals surface area (Å²) in [5.74, 6) is -0.553. The average Bonchev–Trinajstić information content (AvgIpc) is 3.15. The van der Waals surface area contributed by atoms with Crippen LogP contribution in [0.5, 0.6) is 0 Å². The SMILES string of the molecule is CCCCn1c(=O)n(CC(=O)N(C)Cc2cccc(F)c2)c(=O)c2c1nc(CO)n2CCC. The minimum atomic E-state index is -0.615. The molecular formula is C23H30FN5O4. The smallest absolute Gasteiger partial charge is 0.333 e. The van der Waals surface area contributed by atoms with E-state index in [9.17, 15) is 23.9 Å².